The molecule has 0 aromatic heterocycles. The Labute approximate surface area is 122 Å². The van der Waals surface area contributed by atoms with E-state index in [9.17, 15) is 13.0 Å². The van der Waals surface area contributed by atoms with Crippen molar-refractivity contribution in [1.82, 2.24) is 0 Å². The number of benzene rings is 2. The van der Waals surface area contributed by atoms with E-state index >= 15 is 0 Å². The van der Waals surface area contributed by atoms with E-state index < -0.39 is 16.0 Å². The summed E-state index contributed by atoms with van der Waals surface area (Å²) >= 11 is 0. The van der Waals surface area contributed by atoms with Crippen molar-refractivity contribution in [3.63, 3.8) is 0 Å². The van der Waals surface area contributed by atoms with Gasteiger partial charge in [0.05, 0.1) is 0 Å². The first-order valence-corrected chi connectivity index (χ1v) is 6.28. The minimum atomic E-state index is -4.24. The number of fused-ring (bicyclic) bond motifs is 1. The second-order valence-corrected chi connectivity index (χ2v) is 4.84. The van der Waals surface area contributed by atoms with E-state index in [1.165, 1.54) is 0 Å². The summed E-state index contributed by atoms with van der Waals surface area (Å²) in [5, 5.41) is 4.64. The van der Waals surface area contributed by atoms with E-state index in [1.807, 2.05) is 30.3 Å². The van der Waals surface area contributed by atoms with E-state index in [-0.39, 0.29) is 29.6 Å². The van der Waals surface area contributed by atoms with Crippen LogP contribution in [0.15, 0.2) is 42.5 Å². The summed E-state index contributed by atoms with van der Waals surface area (Å²) < 4.78 is 31.4. The quantitative estimate of drug-likeness (QED) is 0.553. The van der Waals surface area contributed by atoms with Gasteiger partial charge in [-0.2, -0.15) is 0 Å². The van der Waals surface area contributed by atoms with Crippen LogP contribution in [0, 0.1) is 0 Å². The van der Waals surface area contributed by atoms with Gasteiger partial charge in [-0.15, -0.1) is 0 Å². The van der Waals surface area contributed by atoms with Gasteiger partial charge in [0.1, 0.15) is 16.0 Å². The molecule has 0 saturated carbocycles. The van der Waals surface area contributed by atoms with Crippen molar-refractivity contribution in [3.8, 4) is 0 Å². The molecule has 4 nitrogen and oxygen atoms in total. The van der Waals surface area contributed by atoms with Crippen molar-refractivity contribution >= 4 is 26.6 Å². The predicted molar refractivity (Wildman–Crippen MR) is 62.1 cm³/mol. The first-order chi connectivity index (χ1) is 7.54. The van der Waals surface area contributed by atoms with Crippen LogP contribution < -0.4 is 34.9 Å². The fourth-order valence-corrected chi connectivity index (χ4v) is 1.81. The normalized spacial score (nSPS) is 10.9. The second-order valence-electron chi connectivity index (χ2n) is 3.44. The van der Waals surface area contributed by atoms with Crippen LogP contribution in [-0.4, -0.2) is 18.8 Å². The molecule has 0 aliphatic rings. The number of hydrogen-bond donors (Lipinski definition) is 1. The van der Waals surface area contributed by atoms with E-state index in [4.69, 9.17) is 0 Å². The number of hydrogen-bond acceptors (Lipinski definition) is 4. The fourth-order valence-electron chi connectivity index (χ4n) is 1.47. The van der Waals surface area contributed by atoms with Crippen LogP contribution in [0.25, 0.3) is 10.8 Å². The van der Waals surface area contributed by atoms with Crippen LogP contribution in [-0.2, 0) is 10.1 Å². The molecular formula is C11H10NNaO3S. The summed E-state index contributed by atoms with van der Waals surface area (Å²) in [6.45, 7) is 0. The van der Waals surface area contributed by atoms with Crippen LogP contribution in [0.5, 0.6) is 0 Å². The standard InChI is InChI=1S/C11H11NO3S.Na/c13-16(14,15)8-12-11-6-5-9-3-1-2-4-10(9)7-11;/h1-7,12H,8H2,(H,13,14,15);/q;+1/p-1. The van der Waals surface area contributed by atoms with E-state index in [0.717, 1.165) is 10.8 Å². The van der Waals surface area contributed by atoms with Gasteiger partial charge >= 0.3 is 29.6 Å². The molecular weight excluding hydrogens is 249 g/mol. The average molecular weight is 259 g/mol. The zero-order valence-electron chi connectivity index (χ0n) is 9.38. The topological polar surface area (TPSA) is 69.2 Å². The molecule has 0 fully saturated rings. The molecule has 0 saturated heterocycles. The third-order valence-electron chi connectivity index (χ3n) is 2.20. The minimum Gasteiger partial charge on any atom is -0.747 e. The predicted octanol–water partition coefficient (Wildman–Crippen LogP) is -1.24. The van der Waals surface area contributed by atoms with Crippen molar-refractivity contribution < 1.29 is 42.5 Å². The molecule has 6 heteroatoms. The maximum atomic E-state index is 10.5. The third kappa shape index (κ3) is 4.29. The largest absolute Gasteiger partial charge is 1.00 e. The van der Waals surface area contributed by atoms with Gasteiger partial charge < -0.3 is 9.87 Å². The Hall–Kier alpha value is -0.590. The zero-order chi connectivity index (χ0) is 11.6. The Kier molecular flexibility index (Phi) is 4.97. The first kappa shape index (κ1) is 14.5. The Bertz CT molecular complexity index is 613. The first-order valence-electron chi connectivity index (χ1n) is 4.71. The Morgan fingerprint density at radius 1 is 1.06 bits per heavy atom. The molecule has 0 amide bonds. The van der Waals surface area contributed by atoms with Crippen LogP contribution >= 0.6 is 0 Å². The molecule has 0 aliphatic carbocycles. The van der Waals surface area contributed by atoms with Gasteiger partial charge in [-0.3, -0.25) is 0 Å². The maximum absolute atomic E-state index is 10.5. The Morgan fingerprint density at radius 2 is 1.71 bits per heavy atom. The second kappa shape index (κ2) is 5.84. The van der Waals surface area contributed by atoms with Gasteiger partial charge in [-0.05, 0) is 22.9 Å². The average Bonchev–Trinajstić information content (AvgIpc) is 2.25. The van der Waals surface area contributed by atoms with Gasteiger partial charge in [-0.1, -0.05) is 30.3 Å². The molecule has 0 heterocycles. The summed E-state index contributed by atoms with van der Waals surface area (Å²) in [6, 6.07) is 13.1. The molecule has 0 radical (unpaired) electrons. The van der Waals surface area contributed by atoms with Gasteiger partial charge in [0.15, 0.2) is 0 Å². The summed E-state index contributed by atoms with van der Waals surface area (Å²) in [6.07, 6.45) is 0. The number of nitrogens with one attached hydrogen (secondary N) is 1. The van der Waals surface area contributed by atoms with Gasteiger partial charge in [0.25, 0.3) is 0 Å². The molecule has 0 atom stereocenters. The zero-order valence-corrected chi connectivity index (χ0v) is 12.2. The SMILES string of the molecule is O=S(=O)([O-])CNc1ccc2ccccc2c1.[Na+]. The van der Waals surface area contributed by atoms with Crippen molar-refractivity contribution in [3.05, 3.63) is 42.5 Å². The van der Waals surface area contributed by atoms with Crippen LogP contribution in [0.3, 0.4) is 0 Å². The molecule has 1 N–H and O–H groups in total. The van der Waals surface area contributed by atoms with Crippen molar-refractivity contribution in [2.24, 2.45) is 0 Å². The summed E-state index contributed by atoms with van der Waals surface area (Å²) in [7, 11) is -4.24. The Morgan fingerprint density at radius 3 is 2.35 bits per heavy atom. The molecule has 2 aromatic rings. The number of anilines is 1. The minimum absolute atomic E-state index is 0. The molecule has 2 aromatic carbocycles. The molecule has 2 rings (SSSR count). The molecule has 0 bridgehead atoms. The third-order valence-corrected chi connectivity index (χ3v) is 2.70. The smallest absolute Gasteiger partial charge is 0.747 e. The van der Waals surface area contributed by atoms with E-state index in [1.54, 1.807) is 12.1 Å². The maximum Gasteiger partial charge on any atom is 1.00 e. The van der Waals surface area contributed by atoms with Crippen LogP contribution in [0.4, 0.5) is 5.69 Å². The monoisotopic (exact) mass is 259 g/mol. The molecule has 17 heavy (non-hydrogen) atoms. The van der Waals surface area contributed by atoms with Gasteiger partial charge in [0, 0.05) is 5.69 Å². The van der Waals surface area contributed by atoms with Crippen LogP contribution in [0.2, 0.25) is 0 Å². The summed E-state index contributed by atoms with van der Waals surface area (Å²) in [5.41, 5.74) is 0.623. The van der Waals surface area contributed by atoms with Crippen molar-refractivity contribution in [2.75, 3.05) is 11.2 Å². The van der Waals surface area contributed by atoms with Crippen LogP contribution in [0.1, 0.15) is 0 Å². The van der Waals surface area contributed by atoms with E-state index in [0.29, 0.717) is 5.69 Å². The van der Waals surface area contributed by atoms with Gasteiger partial charge in [0.2, 0.25) is 0 Å². The summed E-state index contributed by atoms with van der Waals surface area (Å²) in [5.74, 6) is -0.592. The van der Waals surface area contributed by atoms with E-state index in [2.05, 4.69) is 5.32 Å². The number of rotatable bonds is 3. The van der Waals surface area contributed by atoms with Crippen molar-refractivity contribution in [1.29, 1.82) is 0 Å². The molecule has 0 unspecified atom stereocenters. The molecule has 84 valence electrons. The summed E-state index contributed by atoms with van der Waals surface area (Å²) in [4.78, 5) is 0. The van der Waals surface area contributed by atoms with Crippen molar-refractivity contribution in [2.45, 2.75) is 0 Å². The van der Waals surface area contributed by atoms with Gasteiger partial charge in [-0.25, -0.2) is 8.42 Å². The molecule has 0 spiro atoms. The molecule has 0 aliphatic heterocycles. The Balaban J connectivity index is 0.00000144. The fraction of sp³-hybridized carbons (Fsp3) is 0.0909.